The minimum atomic E-state index is -0.0421. The van der Waals surface area contributed by atoms with Crippen LogP contribution in [0, 0.1) is 6.92 Å². The number of nitrogens with one attached hydrogen (secondary N) is 1. The largest absolute Gasteiger partial charge is 0.352 e. The molecule has 0 aliphatic heterocycles. The summed E-state index contributed by atoms with van der Waals surface area (Å²) in [5, 5.41) is 3.95. The number of rotatable bonds is 5. The van der Waals surface area contributed by atoms with Gasteiger partial charge in [0.05, 0.1) is 16.8 Å². The number of hydrogen-bond acceptors (Lipinski definition) is 3. The van der Waals surface area contributed by atoms with Crippen LogP contribution < -0.4 is 5.32 Å². The second kappa shape index (κ2) is 6.48. The lowest BCUT2D eigenvalue weighted by Gasteiger charge is -2.11. The molecule has 1 aromatic heterocycles. The summed E-state index contributed by atoms with van der Waals surface area (Å²) >= 11 is 0. The van der Waals surface area contributed by atoms with Crippen LogP contribution in [-0.4, -0.2) is 43.0 Å². The number of pyridine rings is 1. The molecule has 1 N–H and O–H groups in total. The van der Waals surface area contributed by atoms with E-state index in [2.05, 4.69) is 15.2 Å². The van der Waals surface area contributed by atoms with Crippen molar-refractivity contribution in [3.05, 3.63) is 41.6 Å². The minimum Gasteiger partial charge on any atom is -0.352 e. The van der Waals surface area contributed by atoms with Crippen LogP contribution in [-0.2, 0) is 0 Å². The van der Waals surface area contributed by atoms with Gasteiger partial charge in [-0.25, -0.2) is 0 Å². The van der Waals surface area contributed by atoms with Gasteiger partial charge in [0.2, 0.25) is 0 Å². The average molecular weight is 271 g/mol. The predicted octanol–water partition coefficient (Wildman–Crippen LogP) is 2.22. The first-order valence-corrected chi connectivity index (χ1v) is 6.87. The highest BCUT2D eigenvalue weighted by Crippen LogP contribution is 2.16. The molecule has 0 fully saturated rings. The fourth-order valence-corrected chi connectivity index (χ4v) is 2.13. The van der Waals surface area contributed by atoms with Crippen LogP contribution in [0.1, 0.15) is 22.5 Å². The first kappa shape index (κ1) is 14.5. The molecule has 20 heavy (non-hydrogen) atoms. The summed E-state index contributed by atoms with van der Waals surface area (Å²) in [6.45, 7) is 3.53. The number of carbonyl (C=O) groups excluding carboxylic acids is 1. The van der Waals surface area contributed by atoms with Crippen molar-refractivity contribution in [2.45, 2.75) is 13.3 Å². The third kappa shape index (κ3) is 3.54. The molecule has 0 radical (unpaired) electrons. The van der Waals surface area contributed by atoms with Crippen LogP contribution in [0.15, 0.2) is 30.3 Å². The lowest BCUT2D eigenvalue weighted by Crippen LogP contribution is -2.27. The molecular formula is C16H21N3O. The molecule has 4 heteroatoms. The summed E-state index contributed by atoms with van der Waals surface area (Å²) in [6.07, 6.45) is 0.943. The smallest absolute Gasteiger partial charge is 0.253 e. The lowest BCUT2D eigenvalue weighted by molar-refractivity contribution is 0.0951. The van der Waals surface area contributed by atoms with Crippen LogP contribution in [0.2, 0.25) is 0 Å². The highest BCUT2D eigenvalue weighted by molar-refractivity contribution is 5.98. The molecule has 2 aromatic rings. The van der Waals surface area contributed by atoms with Gasteiger partial charge in [-0.15, -0.1) is 0 Å². The molecule has 1 heterocycles. The van der Waals surface area contributed by atoms with E-state index < -0.39 is 0 Å². The fourth-order valence-electron chi connectivity index (χ4n) is 2.13. The van der Waals surface area contributed by atoms with Gasteiger partial charge >= 0.3 is 0 Å². The zero-order valence-corrected chi connectivity index (χ0v) is 12.3. The first-order chi connectivity index (χ1) is 9.58. The molecule has 0 saturated carbocycles. The Kier molecular flexibility index (Phi) is 4.69. The number of para-hydroxylation sites is 1. The van der Waals surface area contributed by atoms with Crippen molar-refractivity contribution in [1.82, 2.24) is 15.2 Å². The van der Waals surface area contributed by atoms with E-state index in [1.165, 1.54) is 0 Å². The summed E-state index contributed by atoms with van der Waals surface area (Å²) in [4.78, 5) is 18.8. The molecule has 0 unspecified atom stereocenters. The number of fused-ring (bicyclic) bond motifs is 1. The zero-order valence-electron chi connectivity index (χ0n) is 12.3. The molecular weight excluding hydrogens is 250 g/mol. The van der Waals surface area contributed by atoms with E-state index in [9.17, 15) is 4.79 Å². The number of hydrogen-bond donors (Lipinski definition) is 1. The van der Waals surface area contributed by atoms with Crippen molar-refractivity contribution in [2.24, 2.45) is 0 Å². The van der Waals surface area contributed by atoms with E-state index in [4.69, 9.17) is 0 Å². The Balaban J connectivity index is 2.07. The molecule has 0 aliphatic rings. The van der Waals surface area contributed by atoms with Gasteiger partial charge in [-0.2, -0.15) is 0 Å². The van der Waals surface area contributed by atoms with E-state index in [1.54, 1.807) is 0 Å². The highest BCUT2D eigenvalue weighted by Gasteiger charge is 2.10. The molecule has 0 atom stereocenters. The second-order valence-corrected chi connectivity index (χ2v) is 5.23. The molecule has 1 aromatic carbocycles. The maximum absolute atomic E-state index is 12.2. The Morgan fingerprint density at radius 1 is 1.30 bits per heavy atom. The molecule has 4 nitrogen and oxygen atoms in total. The first-order valence-electron chi connectivity index (χ1n) is 6.87. The minimum absolute atomic E-state index is 0.0421. The van der Waals surface area contributed by atoms with Gasteiger partial charge in [0.25, 0.3) is 5.91 Å². The average Bonchev–Trinajstić information content (AvgIpc) is 2.42. The van der Waals surface area contributed by atoms with Crippen molar-refractivity contribution in [2.75, 3.05) is 27.2 Å². The summed E-state index contributed by atoms with van der Waals surface area (Å²) in [7, 11) is 4.05. The Hall–Kier alpha value is -1.94. The van der Waals surface area contributed by atoms with Crippen molar-refractivity contribution < 1.29 is 4.79 Å². The molecule has 106 valence electrons. The van der Waals surface area contributed by atoms with Crippen LogP contribution in [0.25, 0.3) is 10.9 Å². The van der Waals surface area contributed by atoms with E-state index in [0.717, 1.165) is 29.6 Å². The predicted molar refractivity (Wildman–Crippen MR) is 82.0 cm³/mol. The summed E-state index contributed by atoms with van der Waals surface area (Å²) in [5.41, 5.74) is 2.36. The molecule has 2 rings (SSSR count). The van der Waals surface area contributed by atoms with E-state index in [0.29, 0.717) is 12.1 Å². The van der Waals surface area contributed by atoms with E-state index in [-0.39, 0.29) is 5.91 Å². The van der Waals surface area contributed by atoms with Gasteiger partial charge in [-0.05, 0) is 46.1 Å². The number of benzene rings is 1. The van der Waals surface area contributed by atoms with Gasteiger partial charge in [0, 0.05) is 11.9 Å². The maximum atomic E-state index is 12.2. The molecule has 1 amide bonds. The number of amides is 1. The van der Waals surface area contributed by atoms with Crippen molar-refractivity contribution in [1.29, 1.82) is 0 Å². The SMILES string of the molecule is Cc1nc2ccccc2cc1C(=O)NCCCN(C)C. The second-order valence-electron chi connectivity index (χ2n) is 5.23. The maximum Gasteiger partial charge on any atom is 0.253 e. The Labute approximate surface area is 119 Å². The quantitative estimate of drug-likeness (QED) is 0.848. The topological polar surface area (TPSA) is 45.2 Å². The van der Waals surface area contributed by atoms with E-state index in [1.807, 2.05) is 51.4 Å². The number of aromatic nitrogens is 1. The van der Waals surface area contributed by atoms with Crippen LogP contribution >= 0.6 is 0 Å². The summed E-state index contributed by atoms with van der Waals surface area (Å²) < 4.78 is 0. The van der Waals surface area contributed by atoms with Crippen molar-refractivity contribution >= 4 is 16.8 Å². The highest BCUT2D eigenvalue weighted by atomic mass is 16.1. The van der Waals surface area contributed by atoms with E-state index >= 15 is 0 Å². The summed E-state index contributed by atoms with van der Waals surface area (Å²) in [5.74, 6) is -0.0421. The molecule has 0 spiro atoms. The Morgan fingerprint density at radius 3 is 2.80 bits per heavy atom. The zero-order chi connectivity index (χ0) is 14.5. The van der Waals surface area contributed by atoms with Gasteiger partial charge in [0.1, 0.15) is 0 Å². The lowest BCUT2D eigenvalue weighted by atomic mass is 10.1. The standard InChI is InChI=1S/C16H21N3O/c1-12-14(16(20)17-9-6-10-19(2)3)11-13-7-4-5-8-15(13)18-12/h4-5,7-8,11H,6,9-10H2,1-3H3,(H,17,20). The van der Waals surface area contributed by atoms with Gasteiger partial charge in [0.15, 0.2) is 0 Å². The van der Waals surface area contributed by atoms with Crippen molar-refractivity contribution in [3.63, 3.8) is 0 Å². The molecule has 0 bridgehead atoms. The van der Waals surface area contributed by atoms with Crippen LogP contribution in [0.4, 0.5) is 0 Å². The van der Waals surface area contributed by atoms with Crippen LogP contribution in [0.3, 0.4) is 0 Å². The molecule has 0 saturated heterocycles. The summed E-state index contributed by atoms with van der Waals surface area (Å²) in [6, 6.07) is 9.76. The molecule has 0 aliphatic carbocycles. The Bertz CT molecular complexity index is 608. The Morgan fingerprint density at radius 2 is 2.05 bits per heavy atom. The van der Waals surface area contributed by atoms with Crippen molar-refractivity contribution in [3.8, 4) is 0 Å². The third-order valence-electron chi connectivity index (χ3n) is 3.23. The van der Waals surface area contributed by atoms with Gasteiger partial charge in [-0.3, -0.25) is 9.78 Å². The number of nitrogens with zero attached hydrogens (tertiary/aromatic N) is 2. The van der Waals surface area contributed by atoms with Gasteiger partial charge in [-0.1, -0.05) is 18.2 Å². The third-order valence-corrected chi connectivity index (χ3v) is 3.23. The fraction of sp³-hybridized carbons (Fsp3) is 0.375. The monoisotopic (exact) mass is 271 g/mol. The number of carbonyl (C=O) groups is 1. The normalized spacial score (nSPS) is 11.0. The number of aryl methyl sites for hydroxylation is 1. The van der Waals surface area contributed by atoms with Gasteiger partial charge < -0.3 is 10.2 Å². The van der Waals surface area contributed by atoms with Crippen LogP contribution in [0.5, 0.6) is 0 Å².